The van der Waals surface area contributed by atoms with Crippen molar-refractivity contribution in [2.45, 2.75) is 18.9 Å². The summed E-state index contributed by atoms with van der Waals surface area (Å²) in [6, 6.07) is 22.0. The smallest absolute Gasteiger partial charge is 0.256 e. The Kier molecular flexibility index (Phi) is 6.76. The maximum atomic E-state index is 13.2. The minimum Gasteiger partial charge on any atom is -0.382 e. The molecule has 3 N–H and O–H groups in total. The largest absolute Gasteiger partial charge is 0.382 e. The molecule has 0 radical (unpaired) electrons. The van der Waals surface area contributed by atoms with Crippen molar-refractivity contribution in [3.8, 4) is 11.3 Å². The van der Waals surface area contributed by atoms with Gasteiger partial charge < -0.3 is 16.0 Å². The van der Waals surface area contributed by atoms with E-state index in [1.165, 1.54) is 0 Å². The Morgan fingerprint density at radius 2 is 1.75 bits per heavy atom. The van der Waals surface area contributed by atoms with Gasteiger partial charge in [0.25, 0.3) is 5.91 Å². The third-order valence-corrected chi connectivity index (χ3v) is 6.99. The molecule has 0 saturated carbocycles. The van der Waals surface area contributed by atoms with E-state index in [2.05, 4.69) is 15.3 Å². The fourth-order valence-electron chi connectivity index (χ4n) is 5.05. The Hall–Kier alpha value is -5.31. The number of benzene rings is 2. The number of nitrogens with two attached hydrogens (primary N) is 1. The highest BCUT2D eigenvalue weighted by molar-refractivity contribution is 6.04. The van der Waals surface area contributed by atoms with Gasteiger partial charge in [-0.05, 0) is 48.7 Å². The zero-order valence-electron chi connectivity index (χ0n) is 21.6. The van der Waals surface area contributed by atoms with E-state index in [9.17, 15) is 9.59 Å². The number of anilines is 2. The van der Waals surface area contributed by atoms with Gasteiger partial charge >= 0.3 is 0 Å². The summed E-state index contributed by atoms with van der Waals surface area (Å²) in [5.74, 6) is 1.23. The van der Waals surface area contributed by atoms with Gasteiger partial charge in [0.1, 0.15) is 28.7 Å². The molecule has 0 spiro atoms. The molecule has 1 aliphatic rings. The standard InChI is InChI=1S/C31H27N7O2/c32-29-28-27(22-12-14-23(15-13-22)31(40)35-25-10-4-5-17-33-25)36-30(38(28)20-18-34-29)24-9-6-19-37(24)26(39)16-11-21-7-2-1-3-8-21/h1-5,7-8,10-18,20,24H,6,9,19H2,(H2,32,34)(H,33,35,40)/b16-11+/t24-/m0/s1. The molecule has 198 valence electrons. The lowest BCUT2D eigenvalue weighted by atomic mass is 10.1. The number of hydrogen-bond donors (Lipinski definition) is 2. The molecule has 2 amide bonds. The number of likely N-dealkylation sites (tertiary alicyclic amines) is 1. The number of imidazole rings is 1. The van der Waals surface area contributed by atoms with Crippen LogP contribution in [0.2, 0.25) is 0 Å². The van der Waals surface area contributed by atoms with Crippen LogP contribution in [-0.4, -0.2) is 42.6 Å². The van der Waals surface area contributed by atoms with E-state index in [0.717, 1.165) is 29.8 Å². The Labute approximate surface area is 231 Å². The van der Waals surface area contributed by atoms with Crippen molar-refractivity contribution in [1.82, 2.24) is 24.3 Å². The molecule has 4 heterocycles. The number of carbonyl (C=O) groups excluding carboxylic acids is 2. The molecule has 1 saturated heterocycles. The summed E-state index contributed by atoms with van der Waals surface area (Å²) in [5.41, 5.74) is 9.91. The fraction of sp³-hybridized carbons (Fsp3) is 0.129. The Bertz CT molecular complexity index is 1700. The minimum atomic E-state index is -0.259. The monoisotopic (exact) mass is 529 g/mol. The molecule has 2 aromatic carbocycles. The number of fused-ring (bicyclic) bond motifs is 1. The first-order chi connectivity index (χ1) is 19.6. The predicted octanol–water partition coefficient (Wildman–Crippen LogP) is 5.00. The van der Waals surface area contributed by atoms with Gasteiger partial charge in [-0.2, -0.15) is 0 Å². The van der Waals surface area contributed by atoms with Gasteiger partial charge in [-0.25, -0.2) is 15.0 Å². The number of hydrogen-bond acceptors (Lipinski definition) is 6. The predicted molar refractivity (Wildman–Crippen MR) is 154 cm³/mol. The van der Waals surface area contributed by atoms with Gasteiger partial charge in [-0.1, -0.05) is 48.5 Å². The van der Waals surface area contributed by atoms with Crippen LogP contribution in [0.25, 0.3) is 22.9 Å². The first-order valence-corrected chi connectivity index (χ1v) is 13.1. The number of nitrogen functional groups attached to an aromatic ring is 1. The van der Waals surface area contributed by atoms with Crippen LogP contribution in [0, 0.1) is 0 Å². The van der Waals surface area contributed by atoms with E-state index in [0.29, 0.717) is 35.0 Å². The lowest BCUT2D eigenvalue weighted by Gasteiger charge is -2.22. The van der Waals surface area contributed by atoms with Crippen LogP contribution in [0.5, 0.6) is 0 Å². The summed E-state index contributed by atoms with van der Waals surface area (Å²) >= 11 is 0. The molecule has 0 unspecified atom stereocenters. The number of aromatic nitrogens is 4. The quantitative estimate of drug-likeness (QED) is 0.299. The second kappa shape index (κ2) is 10.8. The van der Waals surface area contributed by atoms with E-state index >= 15 is 0 Å². The Balaban J connectivity index is 1.30. The van der Waals surface area contributed by atoms with E-state index < -0.39 is 0 Å². The molecule has 5 aromatic rings. The number of nitrogens with zero attached hydrogens (tertiary/aromatic N) is 5. The first-order valence-electron chi connectivity index (χ1n) is 13.1. The highest BCUT2D eigenvalue weighted by Crippen LogP contribution is 2.36. The van der Waals surface area contributed by atoms with Crippen LogP contribution in [-0.2, 0) is 4.79 Å². The number of amides is 2. The molecule has 1 aliphatic heterocycles. The second-order valence-corrected chi connectivity index (χ2v) is 9.53. The van der Waals surface area contributed by atoms with Crippen molar-refractivity contribution in [1.29, 1.82) is 0 Å². The molecule has 0 aliphatic carbocycles. The molecular weight excluding hydrogens is 502 g/mol. The molecule has 1 atom stereocenters. The fourth-order valence-corrected chi connectivity index (χ4v) is 5.05. The van der Waals surface area contributed by atoms with Gasteiger partial charge in [0.2, 0.25) is 5.91 Å². The third kappa shape index (κ3) is 4.92. The van der Waals surface area contributed by atoms with Crippen LogP contribution in [0.4, 0.5) is 11.6 Å². The lowest BCUT2D eigenvalue weighted by Crippen LogP contribution is -2.30. The van der Waals surface area contributed by atoms with Crippen LogP contribution in [0.3, 0.4) is 0 Å². The zero-order chi connectivity index (χ0) is 27.5. The summed E-state index contributed by atoms with van der Waals surface area (Å²) in [6.07, 6.45) is 10.2. The molecular formula is C31H27N7O2. The van der Waals surface area contributed by atoms with E-state index in [1.54, 1.807) is 42.7 Å². The van der Waals surface area contributed by atoms with Crippen LogP contribution in [0.15, 0.2) is 97.5 Å². The maximum Gasteiger partial charge on any atom is 0.256 e. The summed E-state index contributed by atoms with van der Waals surface area (Å²) in [4.78, 5) is 41.3. The number of carbonyl (C=O) groups is 2. The number of pyridine rings is 1. The molecule has 1 fully saturated rings. The van der Waals surface area contributed by atoms with Gasteiger partial charge in [-0.3, -0.25) is 14.0 Å². The zero-order valence-corrected chi connectivity index (χ0v) is 21.6. The van der Waals surface area contributed by atoms with E-state index in [1.807, 2.05) is 70.1 Å². The van der Waals surface area contributed by atoms with E-state index in [4.69, 9.17) is 10.7 Å². The van der Waals surface area contributed by atoms with Gasteiger partial charge in [0.05, 0.1) is 6.04 Å². The van der Waals surface area contributed by atoms with Gasteiger partial charge in [0, 0.05) is 42.3 Å². The molecule has 9 heteroatoms. The van der Waals surface area contributed by atoms with Crippen LogP contribution < -0.4 is 11.1 Å². The highest BCUT2D eigenvalue weighted by atomic mass is 16.2. The van der Waals surface area contributed by atoms with Crippen LogP contribution >= 0.6 is 0 Å². The average molecular weight is 530 g/mol. The normalized spacial score (nSPS) is 15.1. The van der Waals surface area contributed by atoms with Gasteiger partial charge in [-0.15, -0.1) is 0 Å². The van der Waals surface area contributed by atoms with Crippen molar-refractivity contribution in [3.63, 3.8) is 0 Å². The van der Waals surface area contributed by atoms with Crippen LogP contribution in [0.1, 0.15) is 40.6 Å². The second-order valence-electron chi connectivity index (χ2n) is 9.53. The Morgan fingerprint density at radius 3 is 2.52 bits per heavy atom. The number of rotatable bonds is 6. The van der Waals surface area contributed by atoms with Crippen molar-refractivity contribution in [2.75, 3.05) is 17.6 Å². The average Bonchev–Trinajstić information content (AvgIpc) is 3.63. The summed E-state index contributed by atoms with van der Waals surface area (Å²) < 4.78 is 1.93. The summed E-state index contributed by atoms with van der Waals surface area (Å²) in [7, 11) is 0. The topological polar surface area (TPSA) is 119 Å². The third-order valence-electron chi connectivity index (χ3n) is 6.99. The lowest BCUT2D eigenvalue weighted by molar-refractivity contribution is -0.127. The van der Waals surface area contributed by atoms with Crippen molar-refractivity contribution in [3.05, 3.63) is 114 Å². The molecule has 0 bridgehead atoms. The number of nitrogens with one attached hydrogen (secondary N) is 1. The van der Waals surface area contributed by atoms with E-state index in [-0.39, 0.29) is 17.9 Å². The summed E-state index contributed by atoms with van der Waals surface area (Å²) in [6.45, 7) is 0.646. The summed E-state index contributed by atoms with van der Waals surface area (Å²) in [5, 5.41) is 2.79. The van der Waals surface area contributed by atoms with Crippen molar-refractivity contribution < 1.29 is 9.59 Å². The van der Waals surface area contributed by atoms with Crippen molar-refractivity contribution >= 4 is 35.0 Å². The molecule has 40 heavy (non-hydrogen) atoms. The first kappa shape index (κ1) is 25.0. The molecule has 3 aromatic heterocycles. The molecule has 9 nitrogen and oxygen atoms in total. The van der Waals surface area contributed by atoms with Gasteiger partial charge in [0.15, 0.2) is 0 Å². The SMILES string of the molecule is Nc1nccn2c([C@@H]3CCCN3C(=O)/C=C/c3ccccc3)nc(-c3ccc(C(=O)Nc4ccccn4)cc3)c12. The Morgan fingerprint density at radius 1 is 0.950 bits per heavy atom. The minimum absolute atomic E-state index is 0.0602. The molecule has 6 rings (SSSR count). The van der Waals surface area contributed by atoms with Crippen molar-refractivity contribution in [2.24, 2.45) is 0 Å². The highest BCUT2D eigenvalue weighted by Gasteiger charge is 2.33. The maximum absolute atomic E-state index is 13.2.